The molecule has 0 spiro atoms. The Morgan fingerprint density at radius 2 is 1.65 bits per heavy atom. The number of benzene rings is 2. The van der Waals surface area contributed by atoms with Gasteiger partial charge < -0.3 is 9.47 Å². The maximum Gasteiger partial charge on any atom is 0.261 e. The van der Waals surface area contributed by atoms with Crippen molar-refractivity contribution in [3.05, 3.63) is 78.0 Å². The lowest BCUT2D eigenvalue weighted by Crippen LogP contribution is -2.00. The van der Waals surface area contributed by atoms with E-state index in [4.69, 9.17) is 20.2 Å². The zero-order valence-corrected chi connectivity index (χ0v) is 15.5. The first-order chi connectivity index (χ1) is 12.4. The monoisotopic (exact) mass is 389 g/mol. The van der Waals surface area contributed by atoms with Gasteiger partial charge in [0.05, 0.1) is 23.4 Å². The van der Waals surface area contributed by atoms with Crippen molar-refractivity contribution in [1.82, 2.24) is 0 Å². The quantitative estimate of drug-likeness (QED) is 0.702. The van der Waals surface area contributed by atoms with E-state index in [1.165, 1.54) is 12.1 Å². The lowest BCUT2D eigenvalue weighted by atomic mass is 10.0. The Morgan fingerprint density at radius 1 is 1.04 bits per heavy atom. The number of hydrogen-bond acceptors (Lipinski definition) is 5. The first kappa shape index (κ1) is 18.2. The summed E-state index contributed by atoms with van der Waals surface area (Å²) in [5.41, 5.74) is 3.26. The summed E-state index contributed by atoms with van der Waals surface area (Å²) in [6.07, 6.45) is 1.86. The fourth-order valence-corrected chi connectivity index (χ4v) is 3.22. The lowest BCUT2D eigenvalue weighted by Gasteiger charge is -2.06. The summed E-state index contributed by atoms with van der Waals surface area (Å²) in [5, 5.41) is 0. The summed E-state index contributed by atoms with van der Waals surface area (Å²) in [5.74, 6) is 1.30. The van der Waals surface area contributed by atoms with Crippen LogP contribution in [0.25, 0.3) is 0 Å². The maximum atomic E-state index is 11.2. The molecule has 1 aliphatic heterocycles. The molecule has 1 heterocycles. The summed E-state index contributed by atoms with van der Waals surface area (Å²) in [7, 11) is 3.17. The van der Waals surface area contributed by atoms with Gasteiger partial charge in [0.25, 0.3) is 9.05 Å². The second-order valence-corrected chi connectivity index (χ2v) is 8.11. The summed E-state index contributed by atoms with van der Waals surface area (Å²) in [6.45, 7) is 4.26. The molecule has 1 aliphatic rings. The first-order valence-corrected chi connectivity index (χ1v) is 9.98. The molecule has 0 amide bonds. The van der Waals surface area contributed by atoms with E-state index in [1.54, 1.807) is 19.2 Å². The van der Waals surface area contributed by atoms with Gasteiger partial charge in [0.15, 0.2) is 0 Å². The molecule has 3 rings (SSSR count). The molecule has 0 radical (unpaired) electrons. The fraction of sp³-hybridized carbons (Fsp3) is 0.105. The van der Waals surface area contributed by atoms with E-state index in [2.05, 4.69) is 11.6 Å². The van der Waals surface area contributed by atoms with Crippen molar-refractivity contribution < 1.29 is 17.9 Å². The number of hydrogen-bond donors (Lipinski definition) is 0. The van der Waals surface area contributed by atoms with Crippen molar-refractivity contribution in [2.45, 2.75) is 4.90 Å². The van der Waals surface area contributed by atoms with Crippen LogP contribution in [0.3, 0.4) is 0 Å². The Hall–Kier alpha value is -2.57. The molecule has 0 aromatic heterocycles. The highest BCUT2D eigenvalue weighted by molar-refractivity contribution is 8.13. The number of halogens is 1. The normalized spacial score (nSPS) is 14.0. The van der Waals surface area contributed by atoms with Crippen molar-refractivity contribution in [2.24, 2.45) is 4.99 Å². The molecule has 2 aromatic rings. The van der Waals surface area contributed by atoms with E-state index in [1.807, 2.05) is 30.3 Å². The number of nitrogens with zero attached hydrogens (tertiary/aromatic N) is 1. The maximum absolute atomic E-state index is 11.2. The molecular formula is C19H16ClNO4S. The smallest absolute Gasteiger partial charge is 0.261 e. The molecule has 134 valence electrons. The molecule has 0 unspecified atom stereocenters. The average molecular weight is 390 g/mol. The average Bonchev–Trinajstić information content (AvgIpc) is 3.00. The Labute approximate surface area is 156 Å². The van der Waals surface area contributed by atoms with E-state index >= 15 is 0 Å². The van der Waals surface area contributed by atoms with E-state index in [0.717, 1.165) is 28.3 Å². The zero-order valence-electron chi connectivity index (χ0n) is 14.0. The van der Waals surface area contributed by atoms with Crippen molar-refractivity contribution in [3.63, 3.8) is 0 Å². The standard InChI is InChI=1S/C19H16ClNO4S/c1-13-11-15(21-19(13)14-3-5-16(24-2)6-4-14)12-25-17-7-9-18(10-8-17)26(20,22)23/h3-11H,1,12H2,2H3. The summed E-state index contributed by atoms with van der Waals surface area (Å²) in [4.78, 5) is 4.59. The van der Waals surface area contributed by atoms with Crippen LogP contribution in [0.5, 0.6) is 11.5 Å². The second-order valence-electron chi connectivity index (χ2n) is 5.55. The lowest BCUT2D eigenvalue weighted by molar-refractivity contribution is 0.351. The van der Waals surface area contributed by atoms with Crippen molar-refractivity contribution in [2.75, 3.05) is 13.7 Å². The molecule has 0 atom stereocenters. The van der Waals surface area contributed by atoms with Crippen molar-refractivity contribution in [1.29, 1.82) is 0 Å². The minimum Gasteiger partial charge on any atom is -0.497 e. The van der Waals surface area contributed by atoms with Crippen LogP contribution in [0.15, 0.2) is 82.3 Å². The molecule has 7 heteroatoms. The molecule has 26 heavy (non-hydrogen) atoms. The van der Waals surface area contributed by atoms with Gasteiger partial charge in [0, 0.05) is 16.2 Å². The third-order valence-corrected chi connectivity index (χ3v) is 5.13. The number of rotatable bonds is 6. The van der Waals surface area contributed by atoms with Crippen molar-refractivity contribution in [3.8, 4) is 11.5 Å². The van der Waals surface area contributed by atoms with Gasteiger partial charge in [-0.15, -0.1) is 0 Å². The molecule has 0 N–H and O–H groups in total. The van der Waals surface area contributed by atoms with Crippen LogP contribution < -0.4 is 9.47 Å². The van der Waals surface area contributed by atoms with Gasteiger partial charge in [-0.05, 0) is 60.2 Å². The molecule has 5 nitrogen and oxygen atoms in total. The van der Waals surface area contributed by atoms with E-state index in [-0.39, 0.29) is 11.5 Å². The largest absolute Gasteiger partial charge is 0.497 e. The third-order valence-electron chi connectivity index (χ3n) is 3.76. The Balaban J connectivity index is 1.68. The number of aliphatic imine (C=N–C) groups is 1. The minimum atomic E-state index is -3.74. The Morgan fingerprint density at radius 3 is 2.23 bits per heavy atom. The van der Waals surface area contributed by atoms with Gasteiger partial charge in [-0.2, -0.15) is 0 Å². The molecule has 0 fully saturated rings. The van der Waals surface area contributed by atoms with Crippen LogP contribution in [-0.2, 0) is 9.05 Å². The summed E-state index contributed by atoms with van der Waals surface area (Å²) < 4.78 is 33.3. The number of ether oxygens (including phenoxy) is 2. The third kappa shape index (κ3) is 4.15. The van der Waals surface area contributed by atoms with Crippen LogP contribution in [0.2, 0.25) is 0 Å². The van der Waals surface area contributed by atoms with Crippen LogP contribution in [-0.4, -0.2) is 27.8 Å². The Kier molecular flexibility index (Phi) is 5.15. The molecule has 2 aromatic carbocycles. The molecule has 0 bridgehead atoms. The molecular weight excluding hydrogens is 374 g/mol. The van der Waals surface area contributed by atoms with Gasteiger partial charge in [0.1, 0.15) is 18.1 Å². The van der Waals surface area contributed by atoms with E-state index < -0.39 is 9.05 Å². The van der Waals surface area contributed by atoms with Crippen LogP contribution >= 0.6 is 10.7 Å². The highest BCUT2D eigenvalue weighted by Gasteiger charge is 2.15. The Bertz CT molecular complexity index is 991. The first-order valence-electron chi connectivity index (χ1n) is 7.67. The second kappa shape index (κ2) is 7.35. The van der Waals surface area contributed by atoms with Gasteiger partial charge in [-0.3, -0.25) is 0 Å². The predicted molar refractivity (Wildman–Crippen MR) is 102 cm³/mol. The van der Waals surface area contributed by atoms with Crippen molar-refractivity contribution >= 4 is 25.4 Å². The van der Waals surface area contributed by atoms with E-state index in [0.29, 0.717) is 5.75 Å². The van der Waals surface area contributed by atoms with Gasteiger partial charge in [0.2, 0.25) is 0 Å². The highest BCUT2D eigenvalue weighted by atomic mass is 35.7. The molecule has 0 aliphatic carbocycles. The summed E-state index contributed by atoms with van der Waals surface area (Å²) in [6, 6.07) is 13.5. The van der Waals surface area contributed by atoms with Crippen LogP contribution in [0.1, 0.15) is 5.56 Å². The number of methoxy groups -OCH3 is 1. The molecule has 0 saturated heterocycles. The topological polar surface area (TPSA) is 65.0 Å². The van der Waals surface area contributed by atoms with Gasteiger partial charge >= 0.3 is 0 Å². The zero-order chi connectivity index (χ0) is 18.7. The SMILES string of the molecule is C=C1C=C(COc2ccc(S(=O)(=O)Cl)cc2)N=C1c1ccc(OC)cc1. The van der Waals surface area contributed by atoms with Crippen LogP contribution in [0, 0.1) is 0 Å². The van der Waals surface area contributed by atoms with Gasteiger partial charge in [-0.1, -0.05) is 6.58 Å². The molecule has 0 saturated carbocycles. The highest BCUT2D eigenvalue weighted by Crippen LogP contribution is 2.24. The van der Waals surface area contributed by atoms with Crippen LogP contribution in [0.4, 0.5) is 0 Å². The summed E-state index contributed by atoms with van der Waals surface area (Å²) >= 11 is 0. The predicted octanol–water partition coefficient (Wildman–Crippen LogP) is 3.94. The fourth-order valence-electron chi connectivity index (χ4n) is 2.45. The van der Waals surface area contributed by atoms with Gasteiger partial charge in [-0.25, -0.2) is 13.4 Å². The van der Waals surface area contributed by atoms with E-state index in [9.17, 15) is 8.42 Å². The number of allylic oxidation sites excluding steroid dienone is 2. The minimum absolute atomic E-state index is 0.0276.